The van der Waals surface area contributed by atoms with E-state index in [1.54, 1.807) is 29.4 Å². The molecule has 1 aliphatic heterocycles. The number of fused-ring (bicyclic) bond motifs is 3. The van der Waals surface area contributed by atoms with Crippen LogP contribution in [-0.4, -0.2) is 59.4 Å². The molecule has 0 amide bonds. The highest BCUT2D eigenvalue weighted by atomic mass is 32.2. The highest BCUT2D eigenvalue weighted by Gasteiger charge is 2.33. The zero-order chi connectivity index (χ0) is 32.3. The Hall–Kier alpha value is -3.76. The maximum atomic E-state index is 13.8. The highest BCUT2D eigenvalue weighted by Crippen LogP contribution is 2.45. The molecule has 6 rings (SSSR count). The molecule has 0 aliphatic carbocycles. The average Bonchev–Trinajstić information content (AvgIpc) is 3.49. The fraction of sp³-hybridized carbons (Fsp3) is 0.345. The van der Waals surface area contributed by atoms with Gasteiger partial charge in [-0.3, -0.25) is 4.98 Å². The fourth-order valence-electron chi connectivity index (χ4n) is 5.86. The Morgan fingerprint density at radius 1 is 1.15 bits per heavy atom. The van der Waals surface area contributed by atoms with Gasteiger partial charge in [0.25, 0.3) is 0 Å². The number of ether oxygens (including phenoxy) is 2. The molecule has 202 valence electrons. The van der Waals surface area contributed by atoms with Gasteiger partial charge in [0.1, 0.15) is 5.75 Å². The van der Waals surface area contributed by atoms with Crippen LogP contribution in [0.15, 0.2) is 59.6 Å². The van der Waals surface area contributed by atoms with Gasteiger partial charge in [-0.1, -0.05) is 35.5 Å². The summed E-state index contributed by atoms with van der Waals surface area (Å²) in [4.78, 5) is 4.28. The molecule has 0 spiro atoms. The Morgan fingerprint density at radius 2 is 1.95 bits per heavy atom. The largest absolute Gasteiger partial charge is 0.496 e. The lowest BCUT2D eigenvalue weighted by Gasteiger charge is -2.33. The molecule has 3 aromatic heterocycles. The molecule has 0 unspecified atom stereocenters. The van der Waals surface area contributed by atoms with E-state index in [0.29, 0.717) is 48.5 Å². The number of sulfone groups is 1. The molecule has 0 N–H and O–H groups in total. The van der Waals surface area contributed by atoms with Crippen molar-refractivity contribution in [3.05, 3.63) is 66.0 Å². The van der Waals surface area contributed by atoms with Gasteiger partial charge in [0.2, 0.25) is 0 Å². The molecule has 39 heavy (non-hydrogen) atoms. The van der Waals surface area contributed by atoms with Crippen LogP contribution in [-0.2, 0) is 21.6 Å². The molecule has 4 heterocycles. The number of hydrogen-bond donors (Lipinski definition) is 0. The van der Waals surface area contributed by atoms with Crippen LogP contribution in [0.2, 0.25) is 0 Å². The molecule has 10 heteroatoms. The van der Waals surface area contributed by atoms with Gasteiger partial charge < -0.3 is 14.0 Å². The van der Waals surface area contributed by atoms with Crippen molar-refractivity contribution in [2.24, 2.45) is 13.0 Å². The van der Waals surface area contributed by atoms with Gasteiger partial charge >= 0.3 is 0 Å². The van der Waals surface area contributed by atoms with Crippen molar-refractivity contribution in [2.75, 3.05) is 26.4 Å². The lowest BCUT2D eigenvalue weighted by Crippen LogP contribution is -2.27. The SMILES string of the molecule is [2H]C([2H])([2H])Oc1ccc(S(=O)(=O)C([2H])([2H])[2H])c2c1c1ncc(-c3c(C)nnn3C)cc1n2[C@H](c1ccccc1)C1CCOCC1. The zero-order valence-corrected chi connectivity index (χ0v) is 22.3. The number of pyridine rings is 1. The summed E-state index contributed by atoms with van der Waals surface area (Å²) in [6, 6.07) is 13.1. The van der Waals surface area contributed by atoms with E-state index in [1.165, 1.54) is 6.07 Å². The minimum absolute atomic E-state index is 0.00715. The Bertz CT molecular complexity index is 1980. The first-order valence-corrected chi connectivity index (χ1v) is 14.1. The minimum Gasteiger partial charge on any atom is -0.496 e. The summed E-state index contributed by atoms with van der Waals surface area (Å²) < 4.78 is 89.5. The van der Waals surface area contributed by atoms with E-state index in [2.05, 4.69) is 10.3 Å². The number of rotatable bonds is 6. The van der Waals surface area contributed by atoms with Crippen molar-refractivity contribution in [2.45, 2.75) is 30.7 Å². The number of aryl methyl sites for hydroxylation is 2. The van der Waals surface area contributed by atoms with Crippen LogP contribution in [0.3, 0.4) is 0 Å². The maximum absolute atomic E-state index is 13.8. The van der Waals surface area contributed by atoms with Crippen LogP contribution >= 0.6 is 0 Å². The summed E-state index contributed by atoms with van der Waals surface area (Å²) >= 11 is 0. The van der Waals surface area contributed by atoms with Crippen LogP contribution in [0, 0.1) is 12.8 Å². The first-order chi connectivity index (χ1) is 21.2. The summed E-state index contributed by atoms with van der Waals surface area (Å²) in [5, 5.41) is 8.37. The monoisotopic (exact) mass is 551 g/mol. The van der Waals surface area contributed by atoms with Crippen LogP contribution in [0.25, 0.3) is 33.2 Å². The first kappa shape index (κ1) is 19.3. The van der Waals surface area contributed by atoms with Gasteiger partial charge in [-0.25, -0.2) is 13.1 Å². The first-order valence-electron chi connectivity index (χ1n) is 15.6. The third-order valence-electron chi connectivity index (χ3n) is 7.51. The van der Waals surface area contributed by atoms with Gasteiger partial charge in [0, 0.05) is 42.3 Å². The highest BCUT2D eigenvalue weighted by molar-refractivity contribution is 7.91. The Morgan fingerprint density at radius 3 is 2.64 bits per heavy atom. The summed E-state index contributed by atoms with van der Waals surface area (Å²) in [5.41, 5.74) is 3.54. The number of nitrogens with zero attached hydrogens (tertiary/aromatic N) is 5. The van der Waals surface area contributed by atoms with Crippen LogP contribution in [0.1, 0.15) is 38.4 Å². The second kappa shape index (κ2) is 9.77. The van der Waals surface area contributed by atoms with E-state index in [-0.39, 0.29) is 28.1 Å². The molecule has 1 aliphatic rings. The second-order valence-electron chi connectivity index (χ2n) is 9.81. The molecule has 1 saturated heterocycles. The quantitative estimate of drug-likeness (QED) is 0.301. The number of hydrogen-bond acceptors (Lipinski definition) is 7. The molecule has 0 radical (unpaired) electrons. The van der Waals surface area contributed by atoms with Crippen molar-refractivity contribution in [3.8, 4) is 17.0 Å². The van der Waals surface area contributed by atoms with Crippen molar-refractivity contribution in [3.63, 3.8) is 0 Å². The van der Waals surface area contributed by atoms with Crippen LogP contribution in [0.4, 0.5) is 0 Å². The van der Waals surface area contributed by atoms with Crippen molar-refractivity contribution < 1.29 is 26.1 Å². The Balaban J connectivity index is 1.83. The summed E-state index contributed by atoms with van der Waals surface area (Å²) in [7, 11) is -6.08. The van der Waals surface area contributed by atoms with Gasteiger partial charge in [0.05, 0.1) is 55.4 Å². The van der Waals surface area contributed by atoms with Gasteiger partial charge in [0.15, 0.2) is 9.84 Å². The normalized spacial score (nSPS) is 18.6. The third kappa shape index (κ3) is 4.28. The van der Waals surface area contributed by atoms with Crippen molar-refractivity contribution in [1.82, 2.24) is 24.5 Å². The standard InChI is InChI=1S/C29H31N5O4S/c1-18-27(33(2)32-31-18)21-16-22-26(30-17-21)25-23(37-3)10-11-24(39(4,35)36)29(25)34(22)28(19-8-6-5-7-9-19)20-12-14-38-15-13-20/h5-11,16-17,20,28H,12-15H2,1-4H3/t28-/m1/s1/i3D3,4D3. The van der Waals surface area contributed by atoms with Crippen LogP contribution in [0.5, 0.6) is 5.75 Å². The predicted molar refractivity (Wildman–Crippen MR) is 150 cm³/mol. The molecule has 0 saturated carbocycles. The van der Waals surface area contributed by atoms with E-state index in [1.807, 2.05) is 36.4 Å². The topological polar surface area (TPSA) is 101 Å². The second-order valence-corrected chi connectivity index (χ2v) is 11.3. The fourth-order valence-corrected chi connectivity index (χ4v) is 6.56. The maximum Gasteiger partial charge on any atom is 0.177 e. The van der Waals surface area contributed by atoms with E-state index in [4.69, 9.17) is 22.7 Å². The van der Waals surface area contributed by atoms with Crippen molar-refractivity contribution in [1.29, 1.82) is 0 Å². The van der Waals surface area contributed by atoms with E-state index in [0.717, 1.165) is 11.6 Å². The lowest BCUT2D eigenvalue weighted by atomic mass is 9.86. The van der Waals surface area contributed by atoms with Gasteiger partial charge in [-0.15, -0.1) is 5.10 Å². The zero-order valence-electron chi connectivity index (χ0n) is 27.5. The minimum atomic E-state index is -4.94. The van der Waals surface area contributed by atoms with E-state index >= 15 is 0 Å². The smallest absolute Gasteiger partial charge is 0.177 e. The number of methoxy groups -OCH3 is 1. The van der Waals surface area contributed by atoms with E-state index < -0.39 is 34.0 Å². The van der Waals surface area contributed by atoms with Crippen LogP contribution < -0.4 is 4.74 Å². The number of benzene rings is 2. The van der Waals surface area contributed by atoms with Crippen molar-refractivity contribution >= 4 is 31.8 Å². The predicted octanol–water partition coefficient (Wildman–Crippen LogP) is 4.72. The van der Waals surface area contributed by atoms with Gasteiger partial charge in [-0.2, -0.15) is 0 Å². The van der Waals surface area contributed by atoms with Gasteiger partial charge in [-0.05, 0) is 49.4 Å². The summed E-state index contributed by atoms with van der Waals surface area (Å²) in [6.45, 7) is 2.78. The molecule has 5 aromatic rings. The summed E-state index contributed by atoms with van der Waals surface area (Å²) in [5.74, 6) is -0.199. The lowest BCUT2D eigenvalue weighted by molar-refractivity contribution is 0.0552. The Labute approximate surface area is 235 Å². The van der Waals surface area contributed by atoms with E-state index in [9.17, 15) is 8.42 Å². The molecule has 1 atom stereocenters. The third-order valence-corrected chi connectivity index (χ3v) is 8.42. The molecule has 1 fully saturated rings. The summed E-state index contributed by atoms with van der Waals surface area (Å²) in [6.07, 6.45) is -0.532. The molecule has 0 bridgehead atoms. The molecular formula is C29H31N5O4S. The molecule has 9 nitrogen and oxygen atoms in total. The number of aromatic nitrogens is 5. The molecule has 2 aromatic carbocycles. The Kier molecular flexibility index (Phi) is 4.84. The average molecular weight is 552 g/mol. The molecular weight excluding hydrogens is 514 g/mol.